The zero-order valence-corrected chi connectivity index (χ0v) is 21.6. The number of phenols is 1. The zero-order valence-electron chi connectivity index (χ0n) is 21.6. The van der Waals surface area contributed by atoms with E-state index in [1.165, 1.54) is 17.0 Å². The van der Waals surface area contributed by atoms with Crippen molar-refractivity contribution in [2.45, 2.75) is 84.0 Å². The minimum Gasteiger partial charge on any atom is -0.508 e. The monoisotopic (exact) mass is 504 g/mol. The van der Waals surface area contributed by atoms with Crippen LogP contribution in [0.1, 0.15) is 58.9 Å². The van der Waals surface area contributed by atoms with E-state index < -0.39 is 42.0 Å². The highest BCUT2D eigenvalue weighted by Gasteiger charge is 2.40. The maximum Gasteiger partial charge on any atom is 0.326 e. The summed E-state index contributed by atoms with van der Waals surface area (Å²) >= 11 is 0. The maximum absolute atomic E-state index is 13.6. The second kappa shape index (κ2) is 13.2. The van der Waals surface area contributed by atoms with Gasteiger partial charge in [0.1, 0.15) is 23.9 Å². The lowest BCUT2D eigenvalue weighted by Crippen LogP contribution is -2.59. The number of aliphatic carboxylic acids is 1. The van der Waals surface area contributed by atoms with E-state index in [0.717, 1.165) is 5.56 Å². The molecule has 1 aliphatic rings. The number of carboxylic acids is 1. The molecular formula is C26H40N4O6. The molecule has 0 radical (unpaired) electrons. The largest absolute Gasteiger partial charge is 0.508 e. The Morgan fingerprint density at radius 2 is 1.61 bits per heavy atom. The van der Waals surface area contributed by atoms with Crippen LogP contribution in [0.2, 0.25) is 0 Å². The van der Waals surface area contributed by atoms with E-state index >= 15 is 0 Å². The van der Waals surface area contributed by atoms with Crippen molar-refractivity contribution in [3.8, 4) is 5.75 Å². The van der Waals surface area contributed by atoms with Gasteiger partial charge in [-0.15, -0.1) is 0 Å². The van der Waals surface area contributed by atoms with Gasteiger partial charge in [-0.25, -0.2) is 4.79 Å². The Morgan fingerprint density at radius 1 is 1.03 bits per heavy atom. The fourth-order valence-electron chi connectivity index (χ4n) is 4.34. The minimum atomic E-state index is -1.11. The smallest absolute Gasteiger partial charge is 0.326 e. The van der Waals surface area contributed by atoms with Crippen molar-refractivity contribution in [3.05, 3.63) is 29.8 Å². The Balaban J connectivity index is 2.13. The van der Waals surface area contributed by atoms with Crippen molar-refractivity contribution >= 4 is 23.7 Å². The van der Waals surface area contributed by atoms with Gasteiger partial charge < -0.3 is 31.5 Å². The number of amides is 3. The highest BCUT2D eigenvalue weighted by Crippen LogP contribution is 2.22. The van der Waals surface area contributed by atoms with E-state index in [-0.39, 0.29) is 29.9 Å². The van der Waals surface area contributed by atoms with E-state index in [1.54, 1.807) is 19.1 Å². The number of benzene rings is 1. The topological polar surface area (TPSA) is 162 Å². The van der Waals surface area contributed by atoms with Gasteiger partial charge in [0.25, 0.3) is 0 Å². The molecule has 3 amide bonds. The van der Waals surface area contributed by atoms with Crippen molar-refractivity contribution < 1.29 is 29.4 Å². The summed E-state index contributed by atoms with van der Waals surface area (Å²) in [5, 5.41) is 24.4. The van der Waals surface area contributed by atoms with E-state index in [1.807, 2.05) is 20.8 Å². The Bertz CT molecular complexity index is 922. The Labute approximate surface area is 212 Å². The molecule has 1 aliphatic heterocycles. The minimum absolute atomic E-state index is 0.113. The molecule has 36 heavy (non-hydrogen) atoms. The van der Waals surface area contributed by atoms with Gasteiger partial charge in [0.05, 0.1) is 6.04 Å². The Morgan fingerprint density at radius 3 is 2.17 bits per heavy atom. The molecule has 10 heteroatoms. The van der Waals surface area contributed by atoms with Crippen molar-refractivity contribution in [3.63, 3.8) is 0 Å². The summed E-state index contributed by atoms with van der Waals surface area (Å²) in [4.78, 5) is 52.6. The number of nitrogens with two attached hydrogens (primary N) is 1. The van der Waals surface area contributed by atoms with Crippen molar-refractivity contribution in [1.82, 2.24) is 15.5 Å². The molecule has 1 fully saturated rings. The Kier molecular flexibility index (Phi) is 10.7. The summed E-state index contributed by atoms with van der Waals surface area (Å²) in [6.07, 6.45) is 2.45. The standard InChI is InChI=1S/C26H40N4O6/c1-5-15(3)21(28-23(32)19(27)14-17-9-11-18(31)12-10-17)25(34)30-13-7-8-20(30)24(33)29-22(26(35)36)16(4)6-2/h9-12,15-16,19-22,31H,5-8,13-14,27H2,1-4H3,(H,28,32)(H,29,33)(H,35,36). The van der Waals surface area contributed by atoms with Crippen LogP contribution in [0, 0.1) is 11.8 Å². The number of hydrogen-bond acceptors (Lipinski definition) is 6. The average molecular weight is 505 g/mol. The lowest BCUT2D eigenvalue weighted by Gasteiger charge is -2.32. The fraction of sp³-hybridized carbons (Fsp3) is 0.615. The summed E-state index contributed by atoms with van der Waals surface area (Å²) < 4.78 is 0. The van der Waals surface area contributed by atoms with Crippen LogP contribution < -0.4 is 16.4 Å². The van der Waals surface area contributed by atoms with Gasteiger partial charge in [-0.1, -0.05) is 52.7 Å². The van der Waals surface area contributed by atoms with Gasteiger partial charge in [0.2, 0.25) is 17.7 Å². The van der Waals surface area contributed by atoms with Crippen LogP contribution in [0.25, 0.3) is 0 Å². The quantitative estimate of drug-likeness (QED) is 0.287. The van der Waals surface area contributed by atoms with Crippen LogP contribution in [0.4, 0.5) is 0 Å². The lowest BCUT2D eigenvalue weighted by atomic mass is 9.96. The highest BCUT2D eigenvalue weighted by molar-refractivity contribution is 5.94. The normalized spacial score (nSPS) is 19.6. The Hall–Kier alpha value is -3.14. The van der Waals surface area contributed by atoms with Crippen LogP contribution >= 0.6 is 0 Å². The number of nitrogens with zero attached hydrogens (tertiary/aromatic N) is 1. The first-order valence-corrected chi connectivity index (χ1v) is 12.7. The third-order valence-corrected chi connectivity index (χ3v) is 7.12. The van der Waals surface area contributed by atoms with Crippen LogP contribution in [0.15, 0.2) is 24.3 Å². The van der Waals surface area contributed by atoms with E-state index in [4.69, 9.17) is 5.73 Å². The predicted molar refractivity (Wildman–Crippen MR) is 135 cm³/mol. The molecule has 1 saturated heterocycles. The van der Waals surface area contributed by atoms with Crippen LogP contribution in [-0.4, -0.2) is 69.5 Å². The molecule has 0 aromatic heterocycles. The predicted octanol–water partition coefficient (Wildman–Crippen LogP) is 1.40. The second-order valence-corrected chi connectivity index (χ2v) is 9.75. The molecule has 0 spiro atoms. The number of carbonyl (C=O) groups excluding carboxylic acids is 3. The molecule has 2 rings (SSSR count). The van der Waals surface area contributed by atoms with Gasteiger partial charge in [-0.2, -0.15) is 0 Å². The highest BCUT2D eigenvalue weighted by atomic mass is 16.4. The zero-order chi connectivity index (χ0) is 27.0. The third kappa shape index (κ3) is 7.43. The first-order chi connectivity index (χ1) is 17.0. The first kappa shape index (κ1) is 29.1. The van der Waals surface area contributed by atoms with E-state index in [2.05, 4.69) is 10.6 Å². The number of carboxylic acid groups (broad SMARTS) is 1. The molecule has 0 bridgehead atoms. The number of rotatable bonds is 12. The van der Waals surface area contributed by atoms with Gasteiger partial charge in [-0.05, 0) is 48.8 Å². The van der Waals surface area contributed by atoms with Crippen molar-refractivity contribution in [2.75, 3.05) is 6.54 Å². The van der Waals surface area contributed by atoms with Gasteiger partial charge in [-0.3, -0.25) is 14.4 Å². The SMILES string of the molecule is CCC(C)C(NC(=O)C1CCCN1C(=O)C(NC(=O)C(N)Cc1ccc(O)cc1)C(C)CC)C(=O)O. The lowest BCUT2D eigenvalue weighted by molar-refractivity contribution is -0.146. The summed E-state index contributed by atoms with van der Waals surface area (Å²) in [5.74, 6) is -2.82. The van der Waals surface area contributed by atoms with E-state index in [0.29, 0.717) is 32.2 Å². The fourth-order valence-corrected chi connectivity index (χ4v) is 4.34. The number of phenolic OH excluding ortho intramolecular Hbond substituents is 1. The molecule has 1 heterocycles. The number of likely N-dealkylation sites (tertiary alicyclic amines) is 1. The average Bonchev–Trinajstić information content (AvgIpc) is 3.35. The first-order valence-electron chi connectivity index (χ1n) is 12.7. The molecule has 6 atom stereocenters. The molecule has 6 unspecified atom stereocenters. The van der Waals surface area contributed by atoms with Crippen molar-refractivity contribution in [2.24, 2.45) is 17.6 Å². The molecule has 6 N–H and O–H groups in total. The molecular weight excluding hydrogens is 464 g/mol. The molecule has 1 aromatic carbocycles. The summed E-state index contributed by atoms with van der Waals surface area (Å²) in [5.41, 5.74) is 6.88. The van der Waals surface area contributed by atoms with E-state index in [9.17, 15) is 29.4 Å². The van der Waals surface area contributed by atoms with Gasteiger partial charge >= 0.3 is 5.97 Å². The molecule has 0 aliphatic carbocycles. The summed E-state index contributed by atoms with van der Waals surface area (Å²) in [6, 6.07) is 2.78. The summed E-state index contributed by atoms with van der Waals surface area (Å²) in [6.45, 7) is 7.71. The number of nitrogens with one attached hydrogen (secondary N) is 2. The number of aromatic hydroxyl groups is 1. The van der Waals surface area contributed by atoms with Gasteiger partial charge in [0.15, 0.2) is 0 Å². The molecule has 10 nitrogen and oxygen atoms in total. The molecule has 0 saturated carbocycles. The van der Waals surface area contributed by atoms with Crippen LogP contribution in [0.5, 0.6) is 5.75 Å². The molecule has 200 valence electrons. The molecule has 1 aromatic rings. The third-order valence-electron chi connectivity index (χ3n) is 7.12. The maximum atomic E-state index is 13.6. The second-order valence-electron chi connectivity index (χ2n) is 9.75. The van der Waals surface area contributed by atoms with Crippen molar-refractivity contribution in [1.29, 1.82) is 0 Å². The van der Waals surface area contributed by atoms with Crippen LogP contribution in [0.3, 0.4) is 0 Å². The van der Waals surface area contributed by atoms with Crippen LogP contribution in [-0.2, 0) is 25.6 Å². The number of hydrogen-bond donors (Lipinski definition) is 5. The number of carbonyl (C=O) groups is 4. The van der Waals surface area contributed by atoms with Gasteiger partial charge in [0, 0.05) is 6.54 Å². The summed E-state index contributed by atoms with van der Waals surface area (Å²) in [7, 11) is 0.